The van der Waals surface area contributed by atoms with Crippen molar-refractivity contribution < 1.29 is 18.3 Å². The summed E-state index contributed by atoms with van der Waals surface area (Å²) in [7, 11) is 0. The van der Waals surface area contributed by atoms with E-state index in [0.717, 1.165) is 19.5 Å². The minimum atomic E-state index is -2.73. The van der Waals surface area contributed by atoms with Crippen molar-refractivity contribution in [2.45, 2.75) is 57.5 Å². The molecule has 0 bridgehead atoms. The second kappa shape index (κ2) is 9.41. The average molecular weight is 446 g/mol. The molecule has 2 saturated heterocycles. The first kappa shape index (κ1) is 22.5. The first-order chi connectivity index (χ1) is 15.4. The number of piperidine rings is 1. The van der Waals surface area contributed by atoms with Crippen LogP contribution in [0.1, 0.15) is 49.5 Å². The molecule has 4 heterocycles. The van der Waals surface area contributed by atoms with E-state index in [9.17, 15) is 18.8 Å². The summed E-state index contributed by atoms with van der Waals surface area (Å²) in [6, 6.07) is 6.18. The Bertz CT molecular complexity index is 1010. The molecule has 2 aliphatic heterocycles. The zero-order chi connectivity index (χ0) is 22.7. The van der Waals surface area contributed by atoms with Crippen molar-refractivity contribution in [3.05, 3.63) is 24.0 Å². The van der Waals surface area contributed by atoms with E-state index in [2.05, 4.69) is 22.9 Å². The number of rotatable bonds is 7. The number of carbonyl (C=O) groups is 1. The van der Waals surface area contributed by atoms with Crippen LogP contribution in [0.25, 0.3) is 11.0 Å². The summed E-state index contributed by atoms with van der Waals surface area (Å²) < 4.78 is 34.4. The van der Waals surface area contributed by atoms with Crippen molar-refractivity contribution in [1.29, 1.82) is 5.26 Å². The summed E-state index contributed by atoms with van der Waals surface area (Å²) in [6.07, 6.45) is 4.34. The molecule has 0 saturated carbocycles. The zero-order valence-corrected chi connectivity index (χ0v) is 18.4. The van der Waals surface area contributed by atoms with Gasteiger partial charge in [-0.25, -0.2) is 13.8 Å². The van der Waals surface area contributed by atoms with Gasteiger partial charge in [-0.3, -0.25) is 4.79 Å². The number of likely N-dealkylation sites (tertiary alicyclic amines) is 2. The van der Waals surface area contributed by atoms with Crippen molar-refractivity contribution >= 4 is 16.9 Å². The monoisotopic (exact) mass is 445 g/mol. The Balaban J connectivity index is 1.45. The van der Waals surface area contributed by atoms with Crippen LogP contribution in [0.15, 0.2) is 18.3 Å². The van der Waals surface area contributed by atoms with Crippen LogP contribution in [0.3, 0.4) is 0 Å². The highest BCUT2D eigenvalue weighted by Crippen LogP contribution is 2.30. The highest BCUT2D eigenvalue weighted by Gasteiger charge is 2.36. The van der Waals surface area contributed by atoms with Gasteiger partial charge in [0.15, 0.2) is 0 Å². The Kier molecular flexibility index (Phi) is 6.60. The molecule has 1 amide bonds. The summed E-state index contributed by atoms with van der Waals surface area (Å²) >= 11 is 0. The second-order valence-corrected chi connectivity index (χ2v) is 8.74. The molecule has 1 atom stereocenters. The van der Waals surface area contributed by atoms with Crippen LogP contribution in [0.4, 0.5) is 8.78 Å². The summed E-state index contributed by atoms with van der Waals surface area (Å²) in [4.78, 5) is 21.3. The van der Waals surface area contributed by atoms with Gasteiger partial charge in [0.2, 0.25) is 0 Å². The quantitative estimate of drug-likeness (QED) is 0.608. The normalized spacial score (nSPS) is 21.1. The zero-order valence-electron chi connectivity index (χ0n) is 18.4. The predicted molar refractivity (Wildman–Crippen MR) is 116 cm³/mol. The van der Waals surface area contributed by atoms with E-state index in [1.165, 1.54) is 17.7 Å². The molecule has 0 aliphatic carbocycles. The molecule has 0 N–H and O–H groups in total. The molecule has 9 heteroatoms. The van der Waals surface area contributed by atoms with E-state index < -0.39 is 5.92 Å². The predicted octanol–water partition coefficient (Wildman–Crippen LogP) is 3.68. The topological polar surface area (TPSA) is 74.4 Å². The van der Waals surface area contributed by atoms with E-state index >= 15 is 0 Å². The van der Waals surface area contributed by atoms with Crippen molar-refractivity contribution in [2.75, 3.05) is 32.8 Å². The third-order valence-electron chi connectivity index (χ3n) is 6.49. The van der Waals surface area contributed by atoms with Crippen LogP contribution in [-0.2, 0) is 6.54 Å². The fraction of sp³-hybridized carbons (Fsp3) is 0.609. The molecule has 7 nitrogen and oxygen atoms in total. The number of hydrogen-bond donors (Lipinski definition) is 0. The number of alkyl halides is 2. The maximum absolute atomic E-state index is 13.5. The maximum atomic E-state index is 13.5. The average Bonchev–Trinajstić information content (AvgIpc) is 3.34. The summed E-state index contributed by atoms with van der Waals surface area (Å²) in [5, 5.41) is 9.93. The summed E-state index contributed by atoms with van der Waals surface area (Å²) in [6.45, 7) is 4.93. The number of pyridine rings is 1. The summed E-state index contributed by atoms with van der Waals surface area (Å²) in [5.74, 6) is -2.47. The highest BCUT2D eigenvalue weighted by atomic mass is 19.3. The molecule has 2 fully saturated rings. The van der Waals surface area contributed by atoms with Gasteiger partial charge < -0.3 is 19.1 Å². The van der Waals surface area contributed by atoms with Gasteiger partial charge in [-0.1, -0.05) is 0 Å². The first-order valence-electron chi connectivity index (χ1n) is 11.3. The molecule has 2 aliphatic rings. The van der Waals surface area contributed by atoms with Gasteiger partial charge in [0.05, 0.1) is 18.9 Å². The summed E-state index contributed by atoms with van der Waals surface area (Å²) in [5.41, 5.74) is 0.801. The Morgan fingerprint density at radius 2 is 2.09 bits per heavy atom. The standard InChI is InChI=1S/C23H29F2N5O2/c1-17-4-2-8-28(17)9-3-13-32-19-14-18-15-20(30(12-7-26)21(18)27-16-19)22(31)29-10-5-23(24,25)6-11-29/h14-17H,2-6,8-13H2,1H3. The molecule has 172 valence electrons. The molecule has 0 radical (unpaired) electrons. The van der Waals surface area contributed by atoms with Gasteiger partial charge in [0.1, 0.15) is 23.6 Å². The van der Waals surface area contributed by atoms with Gasteiger partial charge in [-0.05, 0) is 44.9 Å². The lowest BCUT2D eigenvalue weighted by Crippen LogP contribution is -2.43. The first-order valence-corrected chi connectivity index (χ1v) is 11.3. The van der Waals surface area contributed by atoms with Crippen molar-refractivity contribution in [2.24, 2.45) is 0 Å². The number of hydrogen-bond acceptors (Lipinski definition) is 5. The minimum Gasteiger partial charge on any atom is -0.492 e. The number of nitrogens with zero attached hydrogens (tertiary/aromatic N) is 5. The van der Waals surface area contributed by atoms with Crippen LogP contribution < -0.4 is 4.74 Å². The van der Waals surface area contributed by atoms with Gasteiger partial charge in [0.25, 0.3) is 11.8 Å². The number of aromatic nitrogens is 2. The number of carbonyl (C=O) groups excluding carboxylic acids is 1. The molecule has 32 heavy (non-hydrogen) atoms. The molecule has 1 unspecified atom stereocenters. The maximum Gasteiger partial charge on any atom is 0.270 e. The molecule has 2 aromatic heterocycles. The van der Waals surface area contributed by atoms with Crippen molar-refractivity contribution in [3.63, 3.8) is 0 Å². The third-order valence-corrected chi connectivity index (χ3v) is 6.49. The lowest BCUT2D eigenvalue weighted by Gasteiger charge is -2.31. The van der Waals surface area contributed by atoms with Gasteiger partial charge in [-0.15, -0.1) is 0 Å². The van der Waals surface area contributed by atoms with E-state index in [0.29, 0.717) is 35.1 Å². The Labute approximate surface area is 186 Å². The molecular formula is C23H29F2N5O2. The van der Waals surface area contributed by atoms with Crippen molar-refractivity contribution in [3.8, 4) is 11.8 Å². The van der Waals surface area contributed by atoms with E-state index in [1.54, 1.807) is 16.8 Å². The van der Waals surface area contributed by atoms with E-state index in [4.69, 9.17) is 4.74 Å². The van der Waals surface area contributed by atoms with Crippen LogP contribution in [-0.4, -0.2) is 70.0 Å². The largest absolute Gasteiger partial charge is 0.492 e. The molecular weight excluding hydrogens is 416 g/mol. The number of ether oxygens (including phenoxy) is 1. The number of fused-ring (bicyclic) bond motifs is 1. The van der Waals surface area contributed by atoms with E-state index in [1.807, 2.05) is 6.07 Å². The molecule has 0 spiro atoms. The molecule has 0 aromatic carbocycles. The van der Waals surface area contributed by atoms with Crippen LogP contribution in [0, 0.1) is 11.3 Å². The minimum absolute atomic E-state index is 0.00264. The smallest absolute Gasteiger partial charge is 0.270 e. The molecule has 2 aromatic rings. The van der Waals surface area contributed by atoms with Crippen LogP contribution >= 0.6 is 0 Å². The second-order valence-electron chi connectivity index (χ2n) is 8.74. The van der Waals surface area contributed by atoms with Crippen LogP contribution in [0.5, 0.6) is 5.75 Å². The Morgan fingerprint density at radius 1 is 1.31 bits per heavy atom. The van der Waals surface area contributed by atoms with Gasteiger partial charge in [0, 0.05) is 43.9 Å². The lowest BCUT2D eigenvalue weighted by molar-refractivity contribution is -0.0495. The SMILES string of the molecule is CC1CCCN1CCCOc1cnc2c(c1)cc(C(=O)N1CCC(F)(F)CC1)n2CC#N. The lowest BCUT2D eigenvalue weighted by atomic mass is 10.1. The Hall–Kier alpha value is -2.73. The number of amides is 1. The third kappa shape index (κ3) is 4.85. The fourth-order valence-electron chi connectivity index (χ4n) is 4.59. The van der Waals surface area contributed by atoms with Gasteiger partial charge >= 0.3 is 0 Å². The highest BCUT2D eigenvalue weighted by molar-refractivity contribution is 5.98. The van der Waals surface area contributed by atoms with Crippen LogP contribution in [0.2, 0.25) is 0 Å². The Morgan fingerprint density at radius 3 is 2.78 bits per heavy atom. The van der Waals surface area contributed by atoms with Gasteiger partial charge in [-0.2, -0.15) is 5.26 Å². The van der Waals surface area contributed by atoms with E-state index in [-0.39, 0.29) is 38.4 Å². The fourth-order valence-corrected chi connectivity index (χ4v) is 4.59. The molecule has 4 rings (SSSR count). The van der Waals surface area contributed by atoms with Crippen molar-refractivity contribution in [1.82, 2.24) is 19.4 Å². The number of nitriles is 1. The number of halogens is 2.